The lowest BCUT2D eigenvalue weighted by atomic mass is 9.97. The third-order valence-electron chi connectivity index (χ3n) is 7.27. The highest BCUT2D eigenvalue weighted by Gasteiger charge is 2.29. The van der Waals surface area contributed by atoms with Crippen LogP contribution < -0.4 is 9.64 Å². The summed E-state index contributed by atoms with van der Waals surface area (Å²) in [7, 11) is 0. The van der Waals surface area contributed by atoms with E-state index in [1.54, 1.807) is 41.6 Å². The van der Waals surface area contributed by atoms with E-state index in [1.165, 1.54) is 0 Å². The number of carboxylic acids is 1. The molecule has 0 radical (unpaired) electrons. The third-order valence-corrected chi connectivity index (χ3v) is 7.87. The van der Waals surface area contributed by atoms with Gasteiger partial charge in [-0.2, -0.15) is 0 Å². The number of aromatic nitrogens is 1. The maximum Gasteiger partial charge on any atom is 0.337 e. The topological polar surface area (TPSA) is 92.2 Å². The van der Waals surface area contributed by atoms with E-state index in [0.717, 1.165) is 27.8 Å². The summed E-state index contributed by atoms with van der Waals surface area (Å²) in [5.74, 6) is -0.666. The van der Waals surface area contributed by atoms with Crippen LogP contribution in [-0.4, -0.2) is 59.9 Å². The van der Waals surface area contributed by atoms with E-state index in [-0.39, 0.29) is 33.8 Å². The minimum Gasteiger partial charge on any atom is -0.478 e. The molecular weight excluding hydrogens is 565 g/mol. The summed E-state index contributed by atoms with van der Waals surface area (Å²) < 4.78 is 11.6. The van der Waals surface area contributed by atoms with Crippen molar-refractivity contribution in [1.29, 1.82) is 0 Å². The van der Waals surface area contributed by atoms with Gasteiger partial charge in [-0.15, -0.1) is 0 Å². The Morgan fingerprint density at radius 2 is 1.61 bits per heavy atom. The predicted molar refractivity (Wildman–Crippen MR) is 157 cm³/mol. The van der Waals surface area contributed by atoms with E-state index in [2.05, 4.69) is 4.98 Å². The lowest BCUT2D eigenvalue weighted by molar-refractivity contribution is 0.0516. The number of carbonyl (C=O) groups excluding carboxylic acids is 1. The molecule has 0 atom stereocenters. The average Bonchev–Trinajstić information content (AvgIpc) is 3.00. The van der Waals surface area contributed by atoms with Crippen LogP contribution in [0.15, 0.2) is 73.1 Å². The van der Waals surface area contributed by atoms with E-state index < -0.39 is 5.97 Å². The van der Waals surface area contributed by atoms with Gasteiger partial charge in [0.25, 0.3) is 5.91 Å². The molecule has 4 aromatic rings. The lowest BCUT2D eigenvalue weighted by Gasteiger charge is -2.32. The molecule has 0 spiro atoms. The largest absolute Gasteiger partial charge is 0.478 e. The summed E-state index contributed by atoms with van der Waals surface area (Å²) in [5.41, 5.74) is 5.23. The summed E-state index contributed by atoms with van der Waals surface area (Å²) in [5, 5.41) is 10.3. The number of amides is 1. The molecule has 10 heteroatoms. The molecule has 3 heterocycles. The Bertz CT molecular complexity index is 1620. The van der Waals surface area contributed by atoms with Crippen molar-refractivity contribution >= 4 is 40.8 Å². The number of benzene rings is 3. The van der Waals surface area contributed by atoms with Crippen molar-refractivity contribution in [2.75, 3.05) is 37.9 Å². The van der Waals surface area contributed by atoms with Crippen LogP contribution in [-0.2, 0) is 11.3 Å². The number of nitrogens with zero attached hydrogens (tertiary/aromatic N) is 3. The molecule has 3 aromatic carbocycles. The summed E-state index contributed by atoms with van der Waals surface area (Å²) >= 11 is 13.2. The SMILES string of the molecule is O=C(O)c1ccc(-c2cccc3c2OCN(C(=O)c2c(Cl)cc(-c4ccncc4)cc2Cl)C3)cc1N1CCOCC1. The first-order valence-electron chi connectivity index (χ1n) is 13.0. The van der Waals surface area contributed by atoms with Crippen LogP contribution in [0.4, 0.5) is 5.69 Å². The fraction of sp³-hybridized carbons (Fsp3) is 0.194. The van der Waals surface area contributed by atoms with Crippen molar-refractivity contribution in [2.24, 2.45) is 0 Å². The van der Waals surface area contributed by atoms with Crippen LogP contribution in [0.2, 0.25) is 10.0 Å². The van der Waals surface area contributed by atoms with Crippen molar-refractivity contribution in [3.8, 4) is 28.0 Å². The van der Waals surface area contributed by atoms with Crippen molar-refractivity contribution in [3.05, 3.63) is 99.8 Å². The lowest BCUT2D eigenvalue weighted by Crippen LogP contribution is -2.37. The first-order chi connectivity index (χ1) is 19.9. The number of ether oxygens (including phenoxy) is 2. The molecule has 8 nitrogen and oxygen atoms in total. The smallest absolute Gasteiger partial charge is 0.337 e. The summed E-state index contributed by atoms with van der Waals surface area (Å²) in [6.07, 6.45) is 3.36. The molecule has 0 aliphatic carbocycles. The normalized spacial score (nSPS) is 14.8. The van der Waals surface area contributed by atoms with Gasteiger partial charge < -0.3 is 24.4 Å². The highest BCUT2D eigenvalue weighted by atomic mass is 35.5. The Morgan fingerprint density at radius 3 is 2.32 bits per heavy atom. The summed E-state index contributed by atoms with van der Waals surface area (Å²) in [6, 6.07) is 18.2. The Labute approximate surface area is 246 Å². The molecule has 2 aliphatic heterocycles. The van der Waals surface area contributed by atoms with Crippen LogP contribution >= 0.6 is 23.2 Å². The number of pyridine rings is 1. The van der Waals surface area contributed by atoms with Crippen LogP contribution in [0.3, 0.4) is 0 Å². The number of carbonyl (C=O) groups is 2. The van der Waals surface area contributed by atoms with E-state index in [4.69, 9.17) is 32.7 Å². The van der Waals surface area contributed by atoms with Crippen LogP contribution in [0, 0.1) is 0 Å². The van der Waals surface area contributed by atoms with Gasteiger partial charge in [-0.3, -0.25) is 9.78 Å². The number of hydrogen-bond acceptors (Lipinski definition) is 6. The molecule has 1 N–H and O–H groups in total. The molecular formula is C31H25Cl2N3O5. The van der Waals surface area contributed by atoms with Crippen LogP contribution in [0.5, 0.6) is 5.75 Å². The molecule has 6 rings (SSSR count). The summed E-state index contributed by atoms with van der Waals surface area (Å²) in [4.78, 5) is 33.1. The second kappa shape index (κ2) is 11.4. The van der Waals surface area contributed by atoms with Crippen LogP contribution in [0.1, 0.15) is 26.3 Å². The Hall–Kier alpha value is -4.11. The van der Waals surface area contributed by atoms with Crippen molar-refractivity contribution in [1.82, 2.24) is 9.88 Å². The molecule has 1 fully saturated rings. The highest BCUT2D eigenvalue weighted by Crippen LogP contribution is 2.40. The number of carboxylic acid groups (broad SMARTS) is 1. The zero-order valence-corrected chi connectivity index (χ0v) is 23.4. The number of aromatic carboxylic acids is 1. The second-order valence-corrected chi connectivity index (χ2v) is 10.6. The number of para-hydroxylation sites is 1. The number of rotatable bonds is 5. The number of halogens is 2. The predicted octanol–water partition coefficient (Wildman–Crippen LogP) is 6.25. The Morgan fingerprint density at radius 1 is 0.878 bits per heavy atom. The monoisotopic (exact) mass is 589 g/mol. The van der Waals surface area contributed by atoms with Gasteiger partial charge in [0.15, 0.2) is 6.73 Å². The minimum atomic E-state index is -0.982. The molecule has 41 heavy (non-hydrogen) atoms. The molecule has 1 saturated heterocycles. The van der Waals surface area contributed by atoms with Gasteiger partial charge in [0.1, 0.15) is 5.75 Å². The Balaban J connectivity index is 1.29. The number of anilines is 1. The highest BCUT2D eigenvalue weighted by molar-refractivity contribution is 6.40. The first-order valence-corrected chi connectivity index (χ1v) is 13.8. The van der Waals surface area contributed by atoms with Crippen molar-refractivity contribution < 1.29 is 24.2 Å². The van der Waals surface area contributed by atoms with Gasteiger partial charge in [-0.1, -0.05) is 47.5 Å². The molecule has 1 aromatic heterocycles. The standard InChI is InChI=1S/C31H25Cl2N3O5/c32-25-14-22(19-6-8-34-9-7-19)15-26(33)28(25)30(37)36-17-21-2-1-3-23(29(21)41-18-36)20-4-5-24(31(38)39)27(16-20)35-10-12-40-13-11-35/h1-9,14-16H,10-13,17-18H2,(H,38,39). The summed E-state index contributed by atoms with van der Waals surface area (Å²) in [6.45, 7) is 2.60. The van der Waals surface area contributed by atoms with Crippen molar-refractivity contribution in [3.63, 3.8) is 0 Å². The molecule has 208 valence electrons. The van der Waals surface area contributed by atoms with Gasteiger partial charge in [-0.25, -0.2) is 4.79 Å². The quantitative estimate of drug-likeness (QED) is 0.294. The van der Waals surface area contributed by atoms with Crippen molar-refractivity contribution in [2.45, 2.75) is 6.54 Å². The van der Waals surface area contributed by atoms with Gasteiger partial charge in [-0.05, 0) is 53.1 Å². The molecule has 0 saturated carbocycles. The molecule has 2 aliphatic rings. The van der Waals surface area contributed by atoms with Gasteiger partial charge in [0.2, 0.25) is 0 Å². The third kappa shape index (κ3) is 5.34. The van der Waals surface area contributed by atoms with E-state index >= 15 is 0 Å². The fourth-order valence-electron chi connectivity index (χ4n) is 5.22. The average molecular weight is 590 g/mol. The molecule has 1 amide bonds. The Kier molecular flexibility index (Phi) is 7.53. The van der Waals surface area contributed by atoms with Gasteiger partial charge in [0, 0.05) is 36.6 Å². The second-order valence-electron chi connectivity index (χ2n) is 9.76. The number of fused-ring (bicyclic) bond motifs is 1. The number of hydrogen-bond donors (Lipinski definition) is 1. The van der Waals surface area contributed by atoms with E-state index in [0.29, 0.717) is 44.3 Å². The maximum atomic E-state index is 13.6. The van der Waals surface area contributed by atoms with Gasteiger partial charge in [0.05, 0.1) is 46.6 Å². The zero-order valence-electron chi connectivity index (χ0n) is 21.8. The van der Waals surface area contributed by atoms with Gasteiger partial charge >= 0.3 is 5.97 Å². The van der Waals surface area contributed by atoms with E-state index in [1.807, 2.05) is 41.3 Å². The van der Waals surface area contributed by atoms with Crippen LogP contribution in [0.25, 0.3) is 22.3 Å². The van der Waals surface area contributed by atoms with E-state index in [9.17, 15) is 14.7 Å². The first kappa shape index (κ1) is 27.1. The molecule has 0 bridgehead atoms. The maximum absolute atomic E-state index is 13.6. The fourth-order valence-corrected chi connectivity index (χ4v) is 5.87. The minimum absolute atomic E-state index is 0.00510. The molecule has 0 unspecified atom stereocenters. The zero-order chi connectivity index (χ0) is 28.5. The number of morpholine rings is 1.